The average Bonchev–Trinajstić information content (AvgIpc) is 3.02. The highest BCUT2D eigenvalue weighted by Crippen LogP contribution is 2.32. The zero-order chi connectivity index (χ0) is 15.0. The number of ketones is 1. The highest BCUT2D eigenvalue weighted by Gasteiger charge is 2.15. The Kier molecular flexibility index (Phi) is 4.33. The number of Topliss-reactive ketones (excluding diaryl/α,β-unsaturated/α-hetero) is 1. The molecule has 0 radical (unpaired) electrons. The van der Waals surface area contributed by atoms with Gasteiger partial charge < -0.3 is 4.57 Å². The van der Waals surface area contributed by atoms with Gasteiger partial charge in [-0.3, -0.25) is 4.79 Å². The first-order valence-electron chi connectivity index (χ1n) is 6.65. The summed E-state index contributed by atoms with van der Waals surface area (Å²) in [5.74, 6) is 0.118. The van der Waals surface area contributed by atoms with Gasteiger partial charge in [-0.1, -0.05) is 25.1 Å². The summed E-state index contributed by atoms with van der Waals surface area (Å²) in [6.45, 7) is 2.50. The highest BCUT2D eigenvalue weighted by molar-refractivity contribution is 9.12. The van der Waals surface area contributed by atoms with E-state index in [9.17, 15) is 4.79 Å². The third kappa shape index (κ3) is 2.87. The third-order valence-electron chi connectivity index (χ3n) is 3.52. The molecule has 5 heteroatoms. The summed E-state index contributed by atoms with van der Waals surface area (Å²) in [6.07, 6.45) is 2.96. The number of nitrogens with zero attached hydrogens (tertiary/aromatic N) is 1. The molecular formula is C16H13Br2NOS. The lowest BCUT2D eigenvalue weighted by Gasteiger charge is -2.08. The van der Waals surface area contributed by atoms with E-state index in [0.717, 1.165) is 19.6 Å². The first-order chi connectivity index (χ1) is 10.1. The number of aryl methyl sites for hydroxylation is 1. The fraction of sp³-hybridized carbons (Fsp3) is 0.188. The molecule has 2 nitrogen and oxygen atoms in total. The summed E-state index contributed by atoms with van der Waals surface area (Å²) in [6, 6.07) is 10.2. The Bertz CT molecular complexity index is 819. The fourth-order valence-corrected chi connectivity index (χ4v) is 5.38. The van der Waals surface area contributed by atoms with E-state index < -0.39 is 0 Å². The van der Waals surface area contributed by atoms with E-state index in [-0.39, 0.29) is 5.78 Å². The van der Waals surface area contributed by atoms with Crippen LogP contribution in [0.2, 0.25) is 0 Å². The second-order valence-electron chi connectivity index (χ2n) is 4.81. The molecule has 0 aliphatic heterocycles. The van der Waals surface area contributed by atoms with Gasteiger partial charge in [0.1, 0.15) is 0 Å². The van der Waals surface area contributed by atoms with Gasteiger partial charge >= 0.3 is 0 Å². The van der Waals surface area contributed by atoms with Crippen molar-refractivity contribution >= 4 is 59.9 Å². The number of para-hydroxylation sites is 1. The molecule has 1 aromatic carbocycles. The molecule has 0 amide bonds. The van der Waals surface area contributed by atoms with Gasteiger partial charge in [0.05, 0.1) is 19.6 Å². The highest BCUT2D eigenvalue weighted by atomic mass is 79.9. The molecule has 0 aliphatic rings. The number of hydrogen-bond acceptors (Lipinski definition) is 2. The smallest absolute Gasteiger partial charge is 0.184 e. The fourth-order valence-electron chi connectivity index (χ4n) is 2.53. The number of halogens is 2. The predicted octanol–water partition coefficient (Wildman–Crippen LogP) is 5.67. The zero-order valence-electron chi connectivity index (χ0n) is 11.4. The summed E-state index contributed by atoms with van der Waals surface area (Å²) >= 11 is 8.40. The van der Waals surface area contributed by atoms with Gasteiger partial charge in [0, 0.05) is 11.8 Å². The molecule has 108 valence electrons. The third-order valence-corrected chi connectivity index (χ3v) is 5.86. The molecule has 2 heterocycles. The van der Waals surface area contributed by atoms with E-state index in [1.807, 2.05) is 12.3 Å². The van der Waals surface area contributed by atoms with E-state index in [1.165, 1.54) is 27.8 Å². The SMILES string of the molecule is CCc1cccc2ccn(CC(=O)c3cc(Br)sc3Br)c12. The maximum atomic E-state index is 12.5. The summed E-state index contributed by atoms with van der Waals surface area (Å²) in [5.41, 5.74) is 3.18. The normalized spacial score (nSPS) is 11.2. The number of aromatic nitrogens is 1. The Labute approximate surface area is 144 Å². The van der Waals surface area contributed by atoms with Gasteiger partial charge in [-0.2, -0.15) is 0 Å². The van der Waals surface area contributed by atoms with Gasteiger partial charge in [0.25, 0.3) is 0 Å². The summed E-state index contributed by atoms with van der Waals surface area (Å²) in [7, 11) is 0. The van der Waals surface area contributed by atoms with Gasteiger partial charge in [0.2, 0.25) is 0 Å². The second kappa shape index (κ2) is 6.07. The molecule has 3 rings (SSSR count). The Morgan fingerprint density at radius 1 is 1.29 bits per heavy atom. The first kappa shape index (κ1) is 15.0. The number of rotatable bonds is 4. The van der Waals surface area contributed by atoms with Crippen LogP contribution in [0, 0.1) is 0 Å². The molecule has 0 spiro atoms. The van der Waals surface area contributed by atoms with Crippen molar-refractivity contribution in [3.8, 4) is 0 Å². The van der Waals surface area contributed by atoms with Crippen LogP contribution in [0.3, 0.4) is 0 Å². The number of carbonyl (C=O) groups excluding carboxylic acids is 1. The van der Waals surface area contributed by atoms with Crippen LogP contribution < -0.4 is 0 Å². The number of hydrogen-bond donors (Lipinski definition) is 0. The van der Waals surface area contributed by atoms with Crippen LogP contribution in [0.15, 0.2) is 44.1 Å². The van der Waals surface area contributed by atoms with E-state index >= 15 is 0 Å². The van der Waals surface area contributed by atoms with Crippen molar-refractivity contribution in [3.05, 3.63) is 55.2 Å². The molecule has 0 atom stereocenters. The molecular weight excluding hydrogens is 414 g/mol. The van der Waals surface area contributed by atoms with Gasteiger partial charge in [-0.25, -0.2) is 0 Å². The molecule has 3 aromatic rings. The van der Waals surface area contributed by atoms with Crippen LogP contribution in [0.5, 0.6) is 0 Å². The van der Waals surface area contributed by atoms with Crippen LogP contribution in [0.4, 0.5) is 0 Å². The standard InChI is InChI=1S/C16H13Br2NOS/c1-2-10-4-3-5-11-6-7-19(15(10)11)9-13(20)12-8-14(17)21-16(12)18/h3-8H,2,9H2,1H3. The molecule has 0 bridgehead atoms. The summed E-state index contributed by atoms with van der Waals surface area (Å²) in [5, 5.41) is 1.19. The quantitative estimate of drug-likeness (QED) is 0.492. The van der Waals surface area contributed by atoms with Crippen molar-refractivity contribution in [1.29, 1.82) is 0 Å². The van der Waals surface area contributed by atoms with Crippen LogP contribution in [0.25, 0.3) is 10.9 Å². The van der Waals surface area contributed by atoms with E-state index in [4.69, 9.17) is 0 Å². The Morgan fingerprint density at radius 2 is 2.10 bits per heavy atom. The lowest BCUT2D eigenvalue weighted by molar-refractivity contribution is 0.0973. The van der Waals surface area contributed by atoms with Crippen LogP contribution in [0.1, 0.15) is 22.8 Å². The number of fused-ring (bicyclic) bond motifs is 1. The van der Waals surface area contributed by atoms with Crippen molar-refractivity contribution in [2.24, 2.45) is 0 Å². The van der Waals surface area contributed by atoms with E-state index in [2.05, 4.69) is 67.6 Å². The van der Waals surface area contributed by atoms with Crippen molar-refractivity contribution in [1.82, 2.24) is 4.57 Å². The molecule has 2 aromatic heterocycles. The van der Waals surface area contributed by atoms with Crippen LogP contribution in [-0.4, -0.2) is 10.4 Å². The second-order valence-corrected chi connectivity index (χ2v) is 8.56. The minimum Gasteiger partial charge on any atom is -0.339 e. The zero-order valence-corrected chi connectivity index (χ0v) is 15.4. The minimum absolute atomic E-state index is 0.118. The lowest BCUT2D eigenvalue weighted by atomic mass is 10.1. The van der Waals surface area contributed by atoms with Crippen molar-refractivity contribution in [2.45, 2.75) is 19.9 Å². The van der Waals surface area contributed by atoms with Gasteiger partial charge in [-0.05, 0) is 61.4 Å². The number of carbonyl (C=O) groups is 1. The topological polar surface area (TPSA) is 22.0 Å². The molecule has 0 fully saturated rings. The van der Waals surface area contributed by atoms with Crippen LogP contribution in [-0.2, 0) is 13.0 Å². The molecule has 0 saturated heterocycles. The monoisotopic (exact) mass is 425 g/mol. The van der Waals surface area contributed by atoms with Crippen molar-refractivity contribution in [2.75, 3.05) is 0 Å². The molecule has 0 aliphatic carbocycles. The van der Waals surface area contributed by atoms with Crippen LogP contribution >= 0.6 is 43.2 Å². The van der Waals surface area contributed by atoms with Crippen molar-refractivity contribution in [3.63, 3.8) is 0 Å². The van der Waals surface area contributed by atoms with E-state index in [0.29, 0.717) is 6.54 Å². The molecule has 0 N–H and O–H groups in total. The van der Waals surface area contributed by atoms with Crippen molar-refractivity contribution < 1.29 is 4.79 Å². The largest absolute Gasteiger partial charge is 0.339 e. The Balaban J connectivity index is 1.98. The summed E-state index contributed by atoms with van der Waals surface area (Å²) < 4.78 is 3.89. The Morgan fingerprint density at radius 3 is 2.76 bits per heavy atom. The van der Waals surface area contributed by atoms with E-state index in [1.54, 1.807) is 0 Å². The average molecular weight is 427 g/mol. The molecule has 0 unspecified atom stereocenters. The molecule has 21 heavy (non-hydrogen) atoms. The Hall–Kier alpha value is -0.910. The summed E-state index contributed by atoms with van der Waals surface area (Å²) in [4.78, 5) is 12.5. The molecule has 0 saturated carbocycles. The number of thiophene rings is 1. The number of benzene rings is 1. The minimum atomic E-state index is 0.118. The lowest BCUT2D eigenvalue weighted by Crippen LogP contribution is -2.09. The maximum Gasteiger partial charge on any atom is 0.184 e. The van der Waals surface area contributed by atoms with Gasteiger partial charge in [0.15, 0.2) is 5.78 Å². The van der Waals surface area contributed by atoms with Gasteiger partial charge in [-0.15, -0.1) is 11.3 Å². The maximum absolute atomic E-state index is 12.5. The first-order valence-corrected chi connectivity index (χ1v) is 9.05. The predicted molar refractivity (Wildman–Crippen MR) is 95.4 cm³/mol.